The van der Waals surface area contributed by atoms with Gasteiger partial charge in [0, 0.05) is 13.2 Å². The van der Waals surface area contributed by atoms with Gasteiger partial charge in [-0.2, -0.15) is 4.98 Å². The highest BCUT2D eigenvalue weighted by atomic mass is 16.5. The van der Waals surface area contributed by atoms with E-state index < -0.39 is 0 Å². The van der Waals surface area contributed by atoms with Gasteiger partial charge in [0.25, 0.3) is 0 Å². The van der Waals surface area contributed by atoms with E-state index in [0.29, 0.717) is 5.95 Å². The number of hydrogen-bond acceptors (Lipinski definition) is 4. The van der Waals surface area contributed by atoms with Crippen LogP contribution in [0.5, 0.6) is 0 Å². The van der Waals surface area contributed by atoms with Crippen molar-refractivity contribution in [1.82, 2.24) is 15.2 Å². The molecule has 0 bridgehead atoms. The van der Waals surface area contributed by atoms with Gasteiger partial charge in [-0.1, -0.05) is 12.8 Å². The number of hydrogen-bond donors (Lipinski definition) is 2. The van der Waals surface area contributed by atoms with E-state index in [1.165, 1.54) is 19.3 Å². The molecule has 0 aromatic carbocycles. The molecule has 2 aliphatic rings. The molecular formula is C11H18N4O. The van der Waals surface area contributed by atoms with Gasteiger partial charge >= 0.3 is 0 Å². The van der Waals surface area contributed by atoms with Crippen molar-refractivity contribution in [1.29, 1.82) is 0 Å². The lowest BCUT2D eigenvalue weighted by atomic mass is 10.2. The van der Waals surface area contributed by atoms with Crippen molar-refractivity contribution in [2.75, 3.05) is 18.5 Å². The Balaban J connectivity index is 1.50. The molecule has 5 nitrogen and oxygen atoms in total. The summed E-state index contributed by atoms with van der Waals surface area (Å²) in [7, 11) is 0. The van der Waals surface area contributed by atoms with Crippen molar-refractivity contribution in [2.45, 2.75) is 38.2 Å². The summed E-state index contributed by atoms with van der Waals surface area (Å²) in [6.07, 6.45) is 6.34. The molecule has 2 heterocycles. The second-order valence-electron chi connectivity index (χ2n) is 4.70. The first-order valence-corrected chi connectivity index (χ1v) is 6.19. The minimum absolute atomic E-state index is 0.131. The fourth-order valence-corrected chi connectivity index (χ4v) is 2.09. The molecule has 1 atom stereocenters. The third-order valence-electron chi connectivity index (χ3n) is 3.27. The van der Waals surface area contributed by atoms with Crippen LogP contribution in [-0.4, -0.2) is 28.3 Å². The smallest absolute Gasteiger partial charge is 0.242 e. The molecule has 1 aromatic heterocycles. The highest BCUT2D eigenvalue weighted by Gasteiger charge is 2.22. The van der Waals surface area contributed by atoms with Crippen LogP contribution in [0.3, 0.4) is 0 Å². The van der Waals surface area contributed by atoms with Crippen LogP contribution in [0.1, 0.15) is 44.0 Å². The first-order chi connectivity index (χ1) is 7.92. The molecule has 0 unspecified atom stereocenters. The number of H-pyrrole nitrogens is 1. The Kier molecular flexibility index (Phi) is 2.78. The summed E-state index contributed by atoms with van der Waals surface area (Å²) < 4.78 is 5.54. The third kappa shape index (κ3) is 2.35. The highest BCUT2D eigenvalue weighted by molar-refractivity contribution is 5.23. The largest absolute Gasteiger partial charge is 0.370 e. The lowest BCUT2D eigenvalue weighted by Gasteiger charge is -2.03. The van der Waals surface area contributed by atoms with E-state index in [4.69, 9.17) is 4.74 Å². The minimum Gasteiger partial charge on any atom is -0.370 e. The molecule has 1 aliphatic carbocycles. The average Bonchev–Trinajstić information content (AvgIpc) is 2.83. The van der Waals surface area contributed by atoms with E-state index >= 15 is 0 Å². The Hall–Kier alpha value is -1.10. The standard InChI is InChI=1S/C11H18N4O/c1-2-9(16-7-1)10-13-11(15-14-10)12-6-5-8-3-4-8/h8-9H,1-7H2,(H2,12,13,14,15)/t9-/m1/s1. The number of aromatic amines is 1. The first-order valence-electron chi connectivity index (χ1n) is 6.19. The van der Waals surface area contributed by atoms with E-state index in [-0.39, 0.29) is 6.10 Å². The molecule has 1 aliphatic heterocycles. The van der Waals surface area contributed by atoms with Gasteiger partial charge in [0.05, 0.1) is 0 Å². The summed E-state index contributed by atoms with van der Waals surface area (Å²) in [4.78, 5) is 4.41. The number of aromatic nitrogens is 3. The molecule has 3 rings (SSSR count). The Morgan fingerprint density at radius 1 is 1.38 bits per heavy atom. The molecule has 5 heteroatoms. The summed E-state index contributed by atoms with van der Waals surface area (Å²) in [5.41, 5.74) is 0. The fraction of sp³-hybridized carbons (Fsp3) is 0.818. The molecule has 88 valence electrons. The van der Waals surface area contributed by atoms with Crippen LogP contribution in [0.15, 0.2) is 0 Å². The van der Waals surface area contributed by atoms with Crippen molar-refractivity contribution in [3.05, 3.63) is 5.82 Å². The van der Waals surface area contributed by atoms with Gasteiger partial charge < -0.3 is 10.1 Å². The third-order valence-corrected chi connectivity index (χ3v) is 3.27. The summed E-state index contributed by atoms with van der Waals surface area (Å²) in [6.45, 7) is 1.82. The number of anilines is 1. The van der Waals surface area contributed by atoms with Crippen LogP contribution in [0.4, 0.5) is 5.95 Å². The van der Waals surface area contributed by atoms with Crippen molar-refractivity contribution in [2.24, 2.45) is 5.92 Å². The second-order valence-corrected chi connectivity index (χ2v) is 4.70. The summed E-state index contributed by atoms with van der Waals surface area (Å²) in [5, 5.41) is 10.4. The molecule has 0 amide bonds. The highest BCUT2D eigenvalue weighted by Crippen LogP contribution is 2.32. The normalized spacial score (nSPS) is 24.9. The maximum Gasteiger partial charge on any atom is 0.242 e. The van der Waals surface area contributed by atoms with Gasteiger partial charge in [-0.15, -0.1) is 5.10 Å². The Bertz CT molecular complexity index is 342. The van der Waals surface area contributed by atoms with Crippen molar-refractivity contribution in [3.63, 3.8) is 0 Å². The van der Waals surface area contributed by atoms with Crippen LogP contribution < -0.4 is 5.32 Å². The molecule has 1 aromatic rings. The monoisotopic (exact) mass is 222 g/mol. The van der Waals surface area contributed by atoms with Crippen molar-refractivity contribution in [3.8, 4) is 0 Å². The van der Waals surface area contributed by atoms with Gasteiger partial charge in [-0.25, -0.2) is 0 Å². The van der Waals surface area contributed by atoms with E-state index in [1.807, 2.05) is 0 Å². The van der Waals surface area contributed by atoms with E-state index in [9.17, 15) is 0 Å². The maximum atomic E-state index is 5.54. The fourth-order valence-electron chi connectivity index (χ4n) is 2.09. The van der Waals surface area contributed by atoms with Crippen molar-refractivity contribution < 1.29 is 4.74 Å². The zero-order valence-corrected chi connectivity index (χ0v) is 9.41. The number of nitrogens with zero attached hydrogens (tertiary/aromatic N) is 2. The zero-order chi connectivity index (χ0) is 10.8. The van der Waals surface area contributed by atoms with Gasteiger partial charge in [-0.05, 0) is 25.2 Å². The number of nitrogens with one attached hydrogen (secondary N) is 2. The van der Waals surface area contributed by atoms with Crippen LogP contribution in [0.2, 0.25) is 0 Å². The Morgan fingerprint density at radius 2 is 2.31 bits per heavy atom. The molecule has 2 fully saturated rings. The SMILES string of the molecule is C1CO[C@@H](c2nc(NCCC3CC3)n[nH]2)C1. The Morgan fingerprint density at radius 3 is 3.06 bits per heavy atom. The summed E-state index contributed by atoms with van der Waals surface area (Å²) in [5.74, 6) is 2.53. The molecular weight excluding hydrogens is 204 g/mol. The topological polar surface area (TPSA) is 62.8 Å². The predicted octanol–water partition coefficient (Wildman–Crippen LogP) is 1.87. The van der Waals surface area contributed by atoms with E-state index in [2.05, 4.69) is 20.5 Å². The molecule has 2 N–H and O–H groups in total. The summed E-state index contributed by atoms with van der Waals surface area (Å²) >= 11 is 0. The maximum absolute atomic E-state index is 5.54. The lowest BCUT2D eigenvalue weighted by molar-refractivity contribution is 0.105. The van der Waals surface area contributed by atoms with E-state index in [1.54, 1.807) is 0 Å². The molecule has 0 radical (unpaired) electrons. The van der Waals surface area contributed by atoms with Crippen LogP contribution in [-0.2, 0) is 4.74 Å². The van der Waals surface area contributed by atoms with E-state index in [0.717, 1.165) is 37.7 Å². The zero-order valence-electron chi connectivity index (χ0n) is 9.41. The summed E-state index contributed by atoms with van der Waals surface area (Å²) in [6, 6.07) is 0. The van der Waals surface area contributed by atoms with Crippen molar-refractivity contribution >= 4 is 5.95 Å². The quantitative estimate of drug-likeness (QED) is 0.798. The van der Waals surface area contributed by atoms with Gasteiger partial charge in [-0.3, -0.25) is 5.10 Å². The number of rotatable bonds is 5. The minimum atomic E-state index is 0.131. The van der Waals surface area contributed by atoms with Gasteiger partial charge in [0.2, 0.25) is 5.95 Å². The first kappa shape index (κ1) is 10.1. The molecule has 0 spiro atoms. The Labute approximate surface area is 95.0 Å². The molecule has 1 saturated carbocycles. The lowest BCUT2D eigenvalue weighted by Crippen LogP contribution is -2.04. The van der Waals surface area contributed by atoms with Crippen LogP contribution in [0, 0.1) is 5.92 Å². The van der Waals surface area contributed by atoms with Gasteiger partial charge in [0.15, 0.2) is 5.82 Å². The molecule has 16 heavy (non-hydrogen) atoms. The van der Waals surface area contributed by atoms with Gasteiger partial charge in [0.1, 0.15) is 6.10 Å². The predicted molar refractivity (Wildman–Crippen MR) is 60.1 cm³/mol. The molecule has 1 saturated heterocycles. The average molecular weight is 222 g/mol. The van der Waals surface area contributed by atoms with Crippen LogP contribution >= 0.6 is 0 Å². The second kappa shape index (κ2) is 4.41. The number of ether oxygens (including phenoxy) is 1. The van der Waals surface area contributed by atoms with Crippen LogP contribution in [0.25, 0.3) is 0 Å².